The third-order valence-electron chi connectivity index (χ3n) is 3.77. The van der Waals surface area contributed by atoms with Crippen molar-refractivity contribution in [2.24, 2.45) is 0 Å². The highest BCUT2D eigenvalue weighted by Crippen LogP contribution is 2.16. The van der Waals surface area contributed by atoms with Crippen LogP contribution in [0.4, 0.5) is 5.69 Å². The van der Waals surface area contributed by atoms with Gasteiger partial charge in [0.25, 0.3) is 0 Å². The number of nitrogens with zero attached hydrogens (tertiary/aromatic N) is 1. The molecule has 2 rings (SSSR count). The zero-order chi connectivity index (χ0) is 14.4. The van der Waals surface area contributed by atoms with Crippen LogP contribution in [0, 0.1) is 0 Å². The summed E-state index contributed by atoms with van der Waals surface area (Å²) in [6.07, 6.45) is 2.51. The van der Waals surface area contributed by atoms with Gasteiger partial charge in [-0.25, -0.2) is 0 Å². The molecule has 0 radical (unpaired) electrons. The lowest BCUT2D eigenvalue weighted by atomic mass is 10.1. The molecule has 1 aliphatic heterocycles. The average molecular weight is 278 g/mol. The van der Waals surface area contributed by atoms with Crippen molar-refractivity contribution < 1.29 is 9.47 Å². The maximum Gasteiger partial charge on any atom is 0.121 e. The van der Waals surface area contributed by atoms with E-state index in [1.54, 1.807) is 0 Å². The molecule has 0 amide bonds. The van der Waals surface area contributed by atoms with Gasteiger partial charge in [0.05, 0.1) is 19.3 Å². The van der Waals surface area contributed by atoms with Crippen molar-refractivity contribution in [3.63, 3.8) is 0 Å². The summed E-state index contributed by atoms with van der Waals surface area (Å²) >= 11 is 0. The Morgan fingerprint density at radius 2 is 2.30 bits per heavy atom. The lowest BCUT2D eigenvalue weighted by Gasteiger charge is -2.38. The highest BCUT2D eigenvalue weighted by molar-refractivity contribution is 5.43. The Labute approximate surface area is 121 Å². The predicted octanol–water partition coefficient (Wildman–Crippen LogP) is 2.54. The van der Waals surface area contributed by atoms with Crippen molar-refractivity contribution in [1.29, 1.82) is 0 Å². The Kier molecular flexibility index (Phi) is 5.68. The van der Waals surface area contributed by atoms with Gasteiger partial charge >= 0.3 is 0 Å². The fourth-order valence-electron chi connectivity index (χ4n) is 2.62. The summed E-state index contributed by atoms with van der Waals surface area (Å²) in [7, 11) is 0. The number of nitrogen functional groups attached to an aromatic ring is 1. The molecular weight excluding hydrogens is 252 g/mol. The first-order chi connectivity index (χ1) is 9.69. The Morgan fingerprint density at radius 1 is 1.45 bits per heavy atom. The molecule has 4 heteroatoms. The molecule has 112 valence electrons. The normalized spacial score (nSPS) is 23.7. The largest absolute Gasteiger partial charge is 0.493 e. The first kappa shape index (κ1) is 15.1. The minimum atomic E-state index is 0.340. The van der Waals surface area contributed by atoms with Gasteiger partial charge in [0, 0.05) is 30.9 Å². The molecule has 0 spiro atoms. The molecule has 2 atom stereocenters. The lowest BCUT2D eigenvalue weighted by molar-refractivity contribution is -0.0567. The number of morpholine rings is 1. The van der Waals surface area contributed by atoms with E-state index < -0.39 is 0 Å². The zero-order valence-corrected chi connectivity index (χ0v) is 12.5. The minimum Gasteiger partial charge on any atom is -0.493 e. The van der Waals surface area contributed by atoms with Crippen molar-refractivity contribution in [2.75, 3.05) is 32.0 Å². The predicted molar refractivity (Wildman–Crippen MR) is 82.0 cm³/mol. The van der Waals surface area contributed by atoms with Gasteiger partial charge in [-0.05, 0) is 31.9 Å². The van der Waals surface area contributed by atoms with E-state index in [9.17, 15) is 0 Å². The number of rotatable bonds is 6. The maximum absolute atomic E-state index is 5.74. The summed E-state index contributed by atoms with van der Waals surface area (Å²) in [5.74, 6) is 0.854. The molecule has 1 heterocycles. The van der Waals surface area contributed by atoms with Gasteiger partial charge in [-0.1, -0.05) is 13.0 Å². The Morgan fingerprint density at radius 3 is 3.05 bits per heavy atom. The molecule has 1 aromatic rings. The van der Waals surface area contributed by atoms with Gasteiger partial charge in [-0.3, -0.25) is 4.90 Å². The van der Waals surface area contributed by atoms with Crippen molar-refractivity contribution in [3.8, 4) is 5.75 Å². The van der Waals surface area contributed by atoms with Gasteiger partial charge in [0.1, 0.15) is 5.75 Å². The van der Waals surface area contributed by atoms with Crippen LogP contribution in [0.25, 0.3) is 0 Å². The van der Waals surface area contributed by atoms with E-state index in [0.29, 0.717) is 12.1 Å². The minimum absolute atomic E-state index is 0.340. The van der Waals surface area contributed by atoms with E-state index in [0.717, 1.165) is 50.6 Å². The number of benzene rings is 1. The van der Waals surface area contributed by atoms with Crippen LogP contribution in [0.3, 0.4) is 0 Å². The molecule has 1 fully saturated rings. The number of anilines is 1. The number of hydrogen-bond acceptors (Lipinski definition) is 4. The second-order valence-electron chi connectivity index (χ2n) is 5.48. The molecular formula is C16H26N2O2. The molecule has 0 aromatic heterocycles. The number of hydrogen-bond donors (Lipinski definition) is 1. The molecule has 4 nitrogen and oxygen atoms in total. The first-order valence-electron chi connectivity index (χ1n) is 7.53. The molecule has 1 saturated heterocycles. The standard InChI is InChI=1S/C16H26N2O2/c1-3-15-12-20-13(2)11-18(15)8-5-9-19-16-7-4-6-14(17)10-16/h4,6-7,10,13,15H,3,5,8-9,11-12,17H2,1-2H3. The summed E-state index contributed by atoms with van der Waals surface area (Å²) in [5.41, 5.74) is 6.47. The fraction of sp³-hybridized carbons (Fsp3) is 0.625. The second-order valence-corrected chi connectivity index (χ2v) is 5.48. The monoisotopic (exact) mass is 278 g/mol. The molecule has 20 heavy (non-hydrogen) atoms. The lowest BCUT2D eigenvalue weighted by Crippen LogP contribution is -2.48. The Hall–Kier alpha value is -1.26. The van der Waals surface area contributed by atoms with Crippen LogP contribution in [0.15, 0.2) is 24.3 Å². The van der Waals surface area contributed by atoms with Gasteiger partial charge < -0.3 is 15.2 Å². The average Bonchev–Trinajstić information content (AvgIpc) is 2.44. The van der Waals surface area contributed by atoms with Crippen LogP contribution >= 0.6 is 0 Å². The van der Waals surface area contributed by atoms with Crippen molar-refractivity contribution in [3.05, 3.63) is 24.3 Å². The van der Waals surface area contributed by atoms with Gasteiger partial charge in [0.2, 0.25) is 0 Å². The first-order valence-corrected chi connectivity index (χ1v) is 7.53. The molecule has 0 saturated carbocycles. The van der Waals surface area contributed by atoms with E-state index in [4.69, 9.17) is 15.2 Å². The summed E-state index contributed by atoms with van der Waals surface area (Å²) in [4.78, 5) is 2.52. The van der Waals surface area contributed by atoms with E-state index in [1.807, 2.05) is 24.3 Å². The summed E-state index contributed by atoms with van der Waals surface area (Å²) in [6, 6.07) is 8.15. The van der Waals surface area contributed by atoms with Crippen LogP contribution in [-0.4, -0.2) is 43.3 Å². The molecule has 2 N–H and O–H groups in total. The van der Waals surface area contributed by atoms with Crippen LogP contribution < -0.4 is 10.5 Å². The second kappa shape index (κ2) is 7.50. The van der Waals surface area contributed by atoms with Crippen molar-refractivity contribution in [2.45, 2.75) is 38.8 Å². The van der Waals surface area contributed by atoms with Crippen LogP contribution in [0.2, 0.25) is 0 Å². The summed E-state index contributed by atoms with van der Waals surface area (Å²) < 4.78 is 11.4. The van der Waals surface area contributed by atoms with Gasteiger partial charge in [0.15, 0.2) is 0 Å². The molecule has 2 unspecified atom stereocenters. The summed E-state index contributed by atoms with van der Waals surface area (Å²) in [5, 5.41) is 0. The third kappa shape index (κ3) is 4.39. The maximum atomic E-state index is 5.74. The van der Waals surface area contributed by atoms with Crippen molar-refractivity contribution >= 4 is 5.69 Å². The fourth-order valence-corrected chi connectivity index (χ4v) is 2.62. The van der Waals surface area contributed by atoms with Crippen molar-refractivity contribution in [1.82, 2.24) is 4.90 Å². The Bertz CT molecular complexity index is 411. The molecule has 1 aliphatic rings. The molecule has 0 aliphatic carbocycles. The zero-order valence-electron chi connectivity index (χ0n) is 12.5. The van der Waals surface area contributed by atoms with Gasteiger partial charge in [-0.15, -0.1) is 0 Å². The highest BCUT2D eigenvalue weighted by Gasteiger charge is 2.24. The van der Waals surface area contributed by atoms with Crippen LogP contribution in [0.1, 0.15) is 26.7 Å². The topological polar surface area (TPSA) is 47.7 Å². The number of ether oxygens (including phenoxy) is 2. The molecule has 1 aromatic carbocycles. The number of nitrogens with two attached hydrogens (primary N) is 1. The van der Waals surface area contributed by atoms with E-state index in [-0.39, 0.29) is 0 Å². The van der Waals surface area contributed by atoms with Crippen LogP contribution in [-0.2, 0) is 4.74 Å². The van der Waals surface area contributed by atoms with E-state index in [2.05, 4.69) is 18.7 Å². The Balaban J connectivity index is 1.71. The van der Waals surface area contributed by atoms with Gasteiger partial charge in [-0.2, -0.15) is 0 Å². The smallest absolute Gasteiger partial charge is 0.121 e. The SMILES string of the molecule is CCC1COC(C)CN1CCCOc1cccc(N)c1. The third-order valence-corrected chi connectivity index (χ3v) is 3.77. The quantitative estimate of drug-likeness (QED) is 0.641. The van der Waals surface area contributed by atoms with E-state index in [1.165, 1.54) is 0 Å². The molecule has 0 bridgehead atoms. The van der Waals surface area contributed by atoms with Crippen LogP contribution in [0.5, 0.6) is 5.75 Å². The summed E-state index contributed by atoms with van der Waals surface area (Å²) in [6.45, 7) is 8.03. The van der Waals surface area contributed by atoms with E-state index >= 15 is 0 Å². The highest BCUT2D eigenvalue weighted by atomic mass is 16.5.